The molecule has 4 saturated heterocycles. The highest BCUT2D eigenvalue weighted by Gasteiger charge is 2.71. The molecule has 1 saturated carbocycles. The number of hydrogen-bond donors (Lipinski definition) is 0. The molecule has 5 fully saturated rings. The molecule has 5 aliphatic rings. The van der Waals surface area contributed by atoms with E-state index in [1.54, 1.807) is 0 Å². The third kappa shape index (κ3) is 2.14. The molecule has 1 aliphatic carbocycles. The van der Waals surface area contributed by atoms with Crippen LogP contribution in [0.2, 0.25) is 18.1 Å². The van der Waals surface area contributed by atoms with E-state index < -0.39 is 38.7 Å². The molecule has 0 aromatic carbocycles. The molecule has 4 aliphatic heterocycles. The van der Waals surface area contributed by atoms with Crippen LogP contribution in [0.15, 0.2) is 0 Å². The first-order chi connectivity index (χ1) is 10.7. The fourth-order valence-corrected chi connectivity index (χ4v) is 5.14. The standard InChI is InChI=1S/C16H26O6Si/c1-15(2,3)23(4,5)22-11-10-9(17)12-16(7-6-8-18-16)13(11)21-14(19-10)20-12/h10-14H,6-8H2,1-5H3. The number of rotatable bonds is 2. The first-order valence-corrected chi connectivity index (χ1v) is 11.4. The Morgan fingerprint density at radius 1 is 1.22 bits per heavy atom. The third-order valence-electron chi connectivity index (χ3n) is 6.14. The van der Waals surface area contributed by atoms with Crippen molar-refractivity contribution in [1.82, 2.24) is 0 Å². The average Bonchev–Trinajstić information content (AvgIpc) is 2.92. The van der Waals surface area contributed by atoms with E-state index in [2.05, 4.69) is 33.9 Å². The highest BCUT2D eigenvalue weighted by Crippen LogP contribution is 2.51. The van der Waals surface area contributed by atoms with Crippen LogP contribution in [0.1, 0.15) is 33.6 Å². The number of hydrogen-bond acceptors (Lipinski definition) is 6. The van der Waals surface area contributed by atoms with E-state index in [-0.39, 0.29) is 16.9 Å². The second-order valence-electron chi connectivity index (χ2n) is 8.57. The van der Waals surface area contributed by atoms with Crippen molar-refractivity contribution < 1.29 is 28.2 Å². The van der Waals surface area contributed by atoms with Gasteiger partial charge in [-0.15, -0.1) is 0 Å². The molecule has 0 aromatic rings. The van der Waals surface area contributed by atoms with Gasteiger partial charge >= 0.3 is 0 Å². The molecular weight excluding hydrogens is 316 g/mol. The molecule has 4 bridgehead atoms. The Hall–Kier alpha value is -0.313. The lowest BCUT2D eigenvalue weighted by molar-refractivity contribution is -0.456. The van der Waals surface area contributed by atoms with Crippen LogP contribution in [-0.4, -0.2) is 57.2 Å². The summed E-state index contributed by atoms with van der Waals surface area (Å²) in [5, 5.41) is 0.0465. The van der Waals surface area contributed by atoms with Crippen molar-refractivity contribution in [3.8, 4) is 0 Å². The van der Waals surface area contributed by atoms with Gasteiger partial charge in [0.05, 0.1) is 0 Å². The Balaban J connectivity index is 1.69. The highest BCUT2D eigenvalue weighted by molar-refractivity contribution is 6.74. The van der Waals surface area contributed by atoms with Crippen molar-refractivity contribution in [3.05, 3.63) is 0 Å². The molecular formula is C16H26O6Si. The van der Waals surface area contributed by atoms with Crippen molar-refractivity contribution in [1.29, 1.82) is 0 Å². The predicted octanol–water partition coefficient (Wildman–Crippen LogP) is 1.98. The van der Waals surface area contributed by atoms with E-state index in [1.165, 1.54) is 0 Å². The molecule has 6 unspecified atom stereocenters. The van der Waals surface area contributed by atoms with Crippen LogP contribution in [-0.2, 0) is 28.2 Å². The predicted molar refractivity (Wildman–Crippen MR) is 83.4 cm³/mol. The van der Waals surface area contributed by atoms with E-state index in [0.717, 1.165) is 12.8 Å². The van der Waals surface area contributed by atoms with Crippen LogP contribution >= 0.6 is 0 Å². The smallest absolute Gasteiger partial charge is 0.273 e. The lowest BCUT2D eigenvalue weighted by Gasteiger charge is -2.60. The normalized spacial score (nSPS) is 46.1. The third-order valence-corrected chi connectivity index (χ3v) is 10.6. The fraction of sp³-hybridized carbons (Fsp3) is 0.938. The van der Waals surface area contributed by atoms with E-state index >= 15 is 0 Å². The van der Waals surface area contributed by atoms with Crippen LogP contribution in [0.4, 0.5) is 0 Å². The largest absolute Gasteiger partial charge is 0.408 e. The summed E-state index contributed by atoms with van der Waals surface area (Å²) in [5.74, 6) is -0.0496. The molecule has 0 aromatic heterocycles. The Kier molecular flexibility index (Phi) is 3.42. The van der Waals surface area contributed by atoms with Crippen molar-refractivity contribution in [2.24, 2.45) is 0 Å². The summed E-state index contributed by atoms with van der Waals surface area (Å²) in [6.07, 6.45) is -0.189. The van der Waals surface area contributed by atoms with Gasteiger partial charge in [0.1, 0.15) is 17.8 Å². The van der Waals surface area contributed by atoms with Crippen LogP contribution in [0.5, 0.6) is 0 Å². The summed E-state index contributed by atoms with van der Waals surface area (Å²) in [4.78, 5) is 12.8. The summed E-state index contributed by atoms with van der Waals surface area (Å²) < 4.78 is 29.9. The van der Waals surface area contributed by atoms with Gasteiger partial charge in [0.2, 0.25) is 0 Å². The zero-order valence-electron chi connectivity index (χ0n) is 14.5. The summed E-state index contributed by atoms with van der Waals surface area (Å²) in [6, 6.07) is 0. The second kappa shape index (κ2) is 4.86. The van der Waals surface area contributed by atoms with Crippen molar-refractivity contribution in [2.45, 2.75) is 88.2 Å². The molecule has 6 atom stereocenters. The molecule has 7 heteroatoms. The van der Waals surface area contributed by atoms with Crippen LogP contribution < -0.4 is 0 Å². The summed E-state index contributed by atoms with van der Waals surface area (Å²) in [7, 11) is -2.07. The van der Waals surface area contributed by atoms with Gasteiger partial charge in [-0.1, -0.05) is 20.8 Å². The van der Waals surface area contributed by atoms with Gasteiger partial charge in [0.25, 0.3) is 6.48 Å². The van der Waals surface area contributed by atoms with Crippen molar-refractivity contribution in [3.63, 3.8) is 0 Å². The first-order valence-electron chi connectivity index (χ1n) is 8.48. The molecule has 0 radical (unpaired) electrons. The molecule has 130 valence electrons. The topological polar surface area (TPSA) is 63.2 Å². The second-order valence-corrected chi connectivity index (χ2v) is 13.3. The SMILES string of the molecule is CC(C)(C)[Si](C)(C)OC1C2OC3OC(C2=O)C2(CCCO2)C1O3. The number of ether oxygens (including phenoxy) is 4. The van der Waals surface area contributed by atoms with Gasteiger partial charge in [-0.2, -0.15) is 0 Å². The van der Waals surface area contributed by atoms with Gasteiger partial charge in [-0.25, -0.2) is 0 Å². The zero-order chi connectivity index (χ0) is 16.6. The van der Waals surface area contributed by atoms with Crippen molar-refractivity contribution >= 4 is 14.1 Å². The molecule has 1 spiro atoms. The van der Waals surface area contributed by atoms with E-state index in [0.29, 0.717) is 6.61 Å². The Morgan fingerprint density at radius 2 is 1.96 bits per heavy atom. The van der Waals surface area contributed by atoms with Crippen molar-refractivity contribution in [2.75, 3.05) is 6.61 Å². The molecule has 4 heterocycles. The Labute approximate surface area is 137 Å². The summed E-state index contributed by atoms with van der Waals surface area (Å²) in [5.41, 5.74) is -0.694. The van der Waals surface area contributed by atoms with E-state index in [1.807, 2.05) is 0 Å². The highest BCUT2D eigenvalue weighted by atomic mass is 28.4. The number of ketones is 1. The number of carbonyl (C=O) groups excluding carboxylic acids is 1. The average molecular weight is 342 g/mol. The maximum atomic E-state index is 12.8. The van der Waals surface area contributed by atoms with Gasteiger partial charge in [-0.05, 0) is 31.0 Å². The lowest BCUT2D eigenvalue weighted by atomic mass is 9.72. The van der Waals surface area contributed by atoms with Crippen LogP contribution in [0.3, 0.4) is 0 Å². The molecule has 0 amide bonds. The van der Waals surface area contributed by atoms with Crippen LogP contribution in [0.25, 0.3) is 0 Å². The monoisotopic (exact) mass is 342 g/mol. The van der Waals surface area contributed by atoms with E-state index in [4.69, 9.17) is 23.4 Å². The zero-order valence-corrected chi connectivity index (χ0v) is 15.5. The summed E-state index contributed by atoms with van der Waals surface area (Å²) in [6.45, 7) is 10.8. The first kappa shape index (κ1) is 16.2. The van der Waals surface area contributed by atoms with Gasteiger partial charge in [-0.3, -0.25) is 4.79 Å². The van der Waals surface area contributed by atoms with Gasteiger partial charge in [0, 0.05) is 6.61 Å². The molecule has 5 rings (SSSR count). The molecule has 0 N–H and O–H groups in total. The molecule has 23 heavy (non-hydrogen) atoms. The summed E-state index contributed by atoms with van der Waals surface area (Å²) >= 11 is 0. The van der Waals surface area contributed by atoms with E-state index in [9.17, 15) is 4.79 Å². The molecule has 6 nitrogen and oxygen atoms in total. The lowest BCUT2D eigenvalue weighted by Crippen LogP contribution is -2.80. The minimum atomic E-state index is -2.07. The Morgan fingerprint density at radius 3 is 2.57 bits per heavy atom. The number of carbonyl (C=O) groups is 1. The quantitative estimate of drug-likeness (QED) is 0.715. The van der Waals surface area contributed by atoms with Crippen LogP contribution in [0, 0.1) is 0 Å². The number of Topliss-reactive ketones (excluding diaryl/α,β-unsaturated/α-hetero) is 1. The van der Waals surface area contributed by atoms with Gasteiger partial charge < -0.3 is 23.4 Å². The minimum absolute atomic E-state index is 0.0465. The fourth-order valence-electron chi connectivity index (χ4n) is 3.86. The minimum Gasteiger partial charge on any atom is -0.408 e. The maximum Gasteiger partial charge on any atom is 0.273 e. The maximum absolute atomic E-state index is 12.8. The van der Waals surface area contributed by atoms with Gasteiger partial charge in [0.15, 0.2) is 26.3 Å². The Bertz CT molecular complexity index is 521.